The minimum atomic E-state index is 0.662. The molecule has 2 N–H and O–H groups in total. The van der Waals surface area contributed by atoms with Gasteiger partial charge in [-0.05, 0) is 18.6 Å². The minimum absolute atomic E-state index is 0.662. The minimum Gasteiger partial charge on any atom is -0.383 e. The van der Waals surface area contributed by atoms with Gasteiger partial charge in [0.1, 0.15) is 0 Å². The predicted octanol–water partition coefficient (Wildman–Crippen LogP) is 2.07. The van der Waals surface area contributed by atoms with Crippen LogP contribution in [-0.4, -0.2) is 47.7 Å². The number of aromatic nitrogens is 1. The summed E-state index contributed by atoms with van der Waals surface area (Å²) >= 11 is 3.65. The molecule has 1 unspecified atom stereocenters. The molecule has 1 aliphatic heterocycles. The number of nitrogens with zero attached hydrogens (tertiary/aromatic N) is 2. The normalized spacial score (nSPS) is 20.4. The average molecular weight is 287 g/mol. The lowest BCUT2D eigenvalue weighted by molar-refractivity contribution is 0.117. The third-order valence-corrected chi connectivity index (χ3v) is 5.17. The van der Waals surface area contributed by atoms with Crippen LogP contribution in [0.25, 0.3) is 0 Å². The van der Waals surface area contributed by atoms with E-state index in [1.807, 2.05) is 6.20 Å². The van der Waals surface area contributed by atoms with Crippen LogP contribution in [0.4, 0.5) is 5.13 Å². The Morgan fingerprint density at radius 3 is 3.11 bits per heavy atom. The number of hydrogen-bond acceptors (Lipinski definition) is 6. The first kappa shape index (κ1) is 14.1. The molecule has 0 amide bonds. The zero-order chi connectivity index (χ0) is 12.8. The van der Waals surface area contributed by atoms with Crippen LogP contribution in [0, 0.1) is 0 Å². The smallest absolute Gasteiger partial charge is 0.180 e. The molecule has 0 saturated carbocycles. The van der Waals surface area contributed by atoms with Gasteiger partial charge < -0.3 is 10.5 Å². The second-order valence-corrected chi connectivity index (χ2v) is 6.80. The summed E-state index contributed by atoms with van der Waals surface area (Å²) in [6, 6.07) is 0.669. The van der Waals surface area contributed by atoms with Crippen LogP contribution in [0.2, 0.25) is 0 Å². The molecule has 102 valence electrons. The molecule has 0 aliphatic carbocycles. The Bertz CT molecular complexity index is 353. The Labute approximate surface area is 117 Å². The summed E-state index contributed by atoms with van der Waals surface area (Å²) in [6.07, 6.45) is 4.52. The van der Waals surface area contributed by atoms with Crippen LogP contribution in [0.1, 0.15) is 17.7 Å². The van der Waals surface area contributed by atoms with Gasteiger partial charge in [0.2, 0.25) is 0 Å². The number of nitrogens with two attached hydrogens (primary N) is 1. The molecular weight excluding hydrogens is 266 g/mol. The van der Waals surface area contributed by atoms with Gasteiger partial charge in [0.25, 0.3) is 0 Å². The maximum atomic E-state index is 5.69. The van der Waals surface area contributed by atoms with Gasteiger partial charge in [-0.3, -0.25) is 4.90 Å². The topological polar surface area (TPSA) is 51.4 Å². The van der Waals surface area contributed by atoms with Crippen molar-refractivity contribution < 1.29 is 4.74 Å². The standard InChI is InChI=1S/C12H21N3OS2/c1-16-5-4-15(10-3-2-6-17-9-10)8-11-7-14-12(13)18-11/h7,10H,2-6,8-9H2,1H3,(H2,13,14). The number of rotatable bonds is 6. The van der Waals surface area contributed by atoms with Crippen LogP contribution in [0.15, 0.2) is 6.20 Å². The predicted molar refractivity (Wildman–Crippen MR) is 79.2 cm³/mol. The van der Waals surface area contributed by atoms with E-state index in [0.29, 0.717) is 11.2 Å². The molecule has 1 aromatic heterocycles. The summed E-state index contributed by atoms with van der Waals surface area (Å²) in [6.45, 7) is 2.72. The van der Waals surface area contributed by atoms with E-state index < -0.39 is 0 Å². The van der Waals surface area contributed by atoms with Gasteiger partial charge in [-0.15, -0.1) is 11.3 Å². The highest BCUT2D eigenvalue weighted by Crippen LogP contribution is 2.24. The van der Waals surface area contributed by atoms with Crippen molar-refractivity contribution in [2.75, 3.05) is 37.5 Å². The lowest BCUT2D eigenvalue weighted by atomic mass is 10.1. The van der Waals surface area contributed by atoms with Gasteiger partial charge >= 0.3 is 0 Å². The molecule has 2 heterocycles. The average Bonchev–Trinajstić information content (AvgIpc) is 2.81. The van der Waals surface area contributed by atoms with Gasteiger partial charge in [-0.1, -0.05) is 0 Å². The lowest BCUT2D eigenvalue weighted by Crippen LogP contribution is -2.40. The van der Waals surface area contributed by atoms with Crippen LogP contribution in [0.5, 0.6) is 0 Å². The van der Waals surface area contributed by atoms with Gasteiger partial charge in [0.05, 0.1) is 6.61 Å². The first-order valence-electron chi connectivity index (χ1n) is 6.30. The van der Waals surface area contributed by atoms with E-state index in [4.69, 9.17) is 10.5 Å². The molecule has 0 radical (unpaired) electrons. The second-order valence-electron chi connectivity index (χ2n) is 4.50. The summed E-state index contributed by atoms with van der Waals surface area (Å²) in [5, 5.41) is 0.662. The molecule has 1 aromatic rings. The molecule has 0 aromatic carbocycles. The fourth-order valence-corrected chi connectivity index (χ4v) is 4.10. The van der Waals surface area contributed by atoms with Gasteiger partial charge in [0, 0.05) is 43.1 Å². The van der Waals surface area contributed by atoms with Gasteiger partial charge in [-0.2, -0.15) is 11.8 Å². The van der Waals surface area contributed by atoms with Crippen LogP contribution in [0.3, 0.4) is 0 Å². The Morgan fingerprint density at radius 1 is 1.61 bits per heavy atom. The van der Waals surface area contributed by atoms with E-state index in [1.54, 1.807) is 18.4 Å². The Hall–Kier alpha value is -0.300. The SMILES string of the molecule is COCCN(Cc1cnc(N)s1)C1CCCSC1. The highest BCUT2D eigenvalue weighted by Gasteiger charge is 2.21. The third-order valence-electron chi connectivity index (χ3n) is 3.17. The summed E-state index contributed by atoms with van der Waals surface area (Å²) in [5.41, 5.74) is 5.69. The second kappa shape index (κ2) is 7.33. The first-order valence-corrected chi connectivity index (χ1v) is 8.27. The largest absolute Gasteiger partial charge is 0.383 e. The molecule has 1 aliphatic rings. The summed E-state index contributed by atoms with van der Waals surface area (Å²) < 4.78 is 5.22. The Kier molecular flexibility index (Phi) is 5.75. The summed E-state index contributed by atoms with van der Waals surface area (Å²) in [7, 11) is 1.76. The van der Waals surface area contributed by atoms with Crippen molar-refractivity contribution in [2.24, 2.45) is 0 Å². The molecule has 4 nitrogen and oxygen atoms in total. The lowest BCUT2D eigenvalue weighted by Gasteiger charge is -2.33. The number of methoxy groups -OCH3 is 1. The summed E-state index contributed by atoms with van der Waals surface area (Å²) in [4.78, 5) is 7.89. The maximum absolute atomic E-state index is 5.69. The molecule has 0 bridgehead atoms. The zero-order valence-corrected chi connectivity index (χ0v) is 12.4. The molecule has 1 saturated heterocycles. The molecule has 1 fully saturated rings. The van der Waals surface area contributed by atoms with Crippen molar-refractivity contribution in [3.05, 3.63) is 11.1 Å². The van der Waals surface area contributed by atoms with E-state index in [2.05, 4.69) is 21.6 Å². The van der Waals surface area contributed by atoms with Crippen LogP contribution < -0.4 is 5.73 Å². The fourth-order valence-electron chi connectivity index (χ4n) is 2.21. The van der Waals surface area contributed by atoms with Crippen molar-refractivity contribution >= 4 is 28.2 Å². The van der Waals surface area contributed by atoms with Gasteiger partial charge in [0.15, 0.2) is 5.13 Å². The molecule has 2 rings (SSSR count). The van der Waals surface area contributed by atoms with Crippen molar-refractivity contribution in [3.8, 4) is 0 Å². The number of thioether (sulfide) groups is 1. The number of nitrogen functional groups attached to an aromatic ring is 1. The van der Waals surface area contributed by atoms with Crippen molar-refractivity contribution in [2.45, 2.75) is 25.4 Å². The first-order chi connectivity index (χ1) is 8.79. The van der Waals surface area contributed by atoms with Gasteiger partial charge in [-0.25, -0.2) is 4.98 Å². The number of hydrogen-bond donors (Lipinski definition) is 1. The highest BCUT2D eigenvalue weighted by atomic mass is 32.2. The Morgan fingerprint density at radius 2 is 2.50 bits per heavy atom. The van der Waals surface area contributed by atoms with Crippen LogP contribution in [-0.2, 0) is 11.3 Å². The van der Waals surface area contributed by atoms with Crippen molar-refractivity contribution in [3.63, 3.8) is 0 Å². The summed E-state index contributed by atoms with van der Waals surface area (Å²) in [5.74, 6) is 2.54. The van der Waals surface area contributed by atoms with E-state index in [0.717, 1.165) is 19.7 Å². The van der Waals surface area contributed by atoms with Crippen LogP contribution >= 0.6 is 23.1 Å². The quantitative estimate of drug-likeness (QED) is 0.868. The molecule has 1 atom stereocenters. The van der Waals surface area contributed by atoms with Crippen molar-refractivity contribution in [1.29, 1.82) is 0 Å². The molecule has 0 spiro atoms. The highest BCUT2D eigenvalue weighted by molar-refractivity contribution is 7.99. The molecule has 6 heteroatoms. The van der Waals surface area contributed by atoms with E-state index in [1.165, 1.54) is 29.2 Å². The van der Waals surface area contributed by atoms with E-state index in [-0.39, 0.29) is 0 Å². The van der Waals surface area contributed by atoms with E-state index in [9.17, 15) is 0 Å². The van der Waals surface area contributed by atoms with E-state index >= 15 is 0 Å². The zero-order valence-electron chi connectivity index (χ0n) is 10.8. The molecule has 18 heavy (non-hydrogen) atoms. The van der Waals surface area contributed by atoms with Crippen molar-refractivity contribution in [1.82, 2.24) is 9.88 Å². The molecular formula is C12H21N3OS2. The number of thiazole rings is 1. The monoisotopic (exact) mass is 287 g/mol. The third kappa shape index (κ3) is 4.12. The maximum Gasteiger partial charge on any atom is 0.180 e. The number of ether oxygens (including phenoxy) is 1. The fraction of sp³-hybridized carbons (Fsp3) is 0.750. The Balaban J connectivity index is 1.94. The number of anilines is 1.